The molecule has 1 aromatic carbocycles. The number of ketones is 1. The molecule has 80 valence electrons. The quantitative estimate of drug-likeness (QED) is 0.725. The van der Waals surface area contributed by atoms with Gasteiger partial charge < -0.3 is 4.42 Å². The number of hydrogen-bond acceptors (Lipinski definition) is 2. The summed E-state index contributed by atoms with van der Waals surface area (Å²) in [7, 11) is 0. The Morgan fingerprint density at radius 3 is 2.62 bits per heavy atom. The first kappa shape index (κ1) is 10.4. The standard InChI is InChI=1S/C14H12O2/c15-14(12-6-2-1-3-7-12)10-4-8-13-9-5-11-16-13/h1-9,11H,10H2/b8-4+. The minimum absolute atomic E-state index is 0.114. The third-order valence-electron chi connectivity index (χ3n) is 2.22. The minimum atomic E-state index is 0.114. The third-order valence-corrected chi connectivity index (χ3v) is 2.22. The Morgan fingerprint density at radius 1 is 1.12 bits per heavy atom. The summed E-state index contributed by atoms with van der Waals surface area (Å²) in [6, 6.07) is 12.9. The van der Waals surface area contributed by atoms with Gasteiger partial charge in [0.05, 0.1) is 6.26 Å². The Kier molecular flexibility index (Phi) is 3.34. The number of carbonyl (C=O) groups excluding carboxylic acids is 1. The van der Waals surface area contributed by atoms with Crippen LogP contribution in [0.5, 0.6) is 0 Å². The van der Waals surface area contributed by atoms with Gasteiger partial charge in [-0.05, 0) is 18.2 Å². The zero-order valence-electron chi connectivity index (χ0n) is 8.80. The van der Waals surface area contributed by atoms with Gasteiger partial charge in [-0.25, -0.2) is 0 Å². The van der Waals surface area contributed by atoms with Crippen molar-refractivity contribution >= 4 is 11.9 Å². The molecule has 0 spiro atoms. The van der Waals surface area contributed by atoms with Gasteiger partial charge in [0, 0.05) is 12.0 Å². The summed E-state index contributed by atoms with van der Waals surface area (Å²) in [5.41, 5.74) is 0.742. The van der Waals surface area contributed by atoms with E-state index in [1.54, 1.807) is 12.3 Å². The zero-order valence-corrected chi connectivity index (χ0v) is 8.80. The van der Waals surface area contributed by atoms with E-state index in [0.717, 1.165) is 11.3 Å². The number of carbonyl (C=O) groups is 1. The van der Waals surface area contributed by atoms with Crippen LogP contribution in [0.25, 0.3) is 6.08 Å². The van der Waals surface area contributed by atoms with Crippen LogP contribution in [0.4, 0.5) is 0 Å². The lowest BCUT2D eigenvalue weighted by Gasteiger charge is -1.95. The summed E-state index contributed by atoms with van der Waals surface area (Å²) in [4.78, 5) is 11.7. The van der Waals surface area contributed by atoms with Crippen LogP contribution >= 0.6 is 0 Å². The lowest BCUT2D eigenvalue weighted by atomic mass is 10.1. The topological polar surface area (TPSA) is 30.2 Å². The highest BCUT2D eigenvalue weighted by Gasteiger charge is 2.01. The highest BCUT2D eigenvalue weighted by atomic mass is 16.3. The van der Waals surface area contributed by atoms with Gasteiger partial charge in [-0.3, -0.25) is 4.79 Å². The summed E-state index contributed by atoms with van der Waals surface area (Å²) >= 11 is 0. The van der Waals surface area contributed by atoms with Crippen molar-refractivity contribution in [2.45, 2.75) is 6.42 Å². The normalized spacial score (nSPS) is 10.8. The van der Waals surface area contributed by atoms with Crippen molar-refractivity contribution in [2.75, 3.05) is 0 Å². The van der Waals surface area contributed by atoms with Crippen molar-refractivity contribution in [3.8, 4) is 0 Å². The number of allylic oxidation sites excluding steroid dienone is 1. The van der Waals surface area contributed by atoms with E-state index in [2.05, 4.69) is 0 Å². The van der Waals surface area contributed by atoms with Gasteiger partial charge in [0.2, 0.25) is 0 Å². The fourth-order valence-corrected chi connectivity index (χ4v) is 1.41. The Hall–Kier alpha value is -2.09. The fraction of sp³-hybridized carbons (Fsp3) is 0.0714. The first-order valence-corrected chi connectivity index (χ1v) is 5.14. The Labute approximate surface area is 94.2 Å². The van der Waals surface area contributed by atoms with Crippen molar-refractivity contribution in [3.05, 3.63) is 66.1 Å². The second kappa shape index (κ2) is 5.12. The summed E-state index contributed by atoms with van der Waals surface area (Å²) in [6.07, 6.45) is 5.62. The first-order valence-electron chi connectivity index (χ1n) is 5.14. The zero-order chi connectivity index (χ0) is 11.2. The molecule has 2 aromatic rings. The van der Waals surface area contributed by atoms with Crippen LogP contribution in [-0.2, 0) is 0 Å². The monoisotopic (exact) mass is 212 g/mol. The van der Waals surface area contributed by atoms with Crippen molar-refractivity contribution in [3.63, 3.8) is 0 Å². The molecule has 0 unspecified atom stereocenters. The maximum atomic E-state index is 11.7. The maximum absolute atomic E-state index is 11.7. The molecule has 2 rings (SSSR count). The van der Waals surface area contributed by atoms with Gasteiger partial charge in [0.25, 0.3) is 0 Å². The van der Waals surface area contributed by atoms with Gasteiger partial charge in [-0.15, -0.1) is 0 Å². The van der Waals surface area contributed by atoms with Crippen LogP contribution in [-0.4, -0.2) is 5.78 Å². The average Bonchev–Trinajstić information content (AvgIpc) is 2.83. The summed E-state index contributed by atoms with van der Waals surface area (Å²) < 4.78 is 5.12. The lowest BCUT2D eigenvalue weighted by molar-refractivity contribution is 0.0996. The van der Waals surface area contributed by atoms with Gasteiger partial charge in [0.15, 0.2) is 5.78 Å². The van der Waals surface area contributed by atoms with Crippen molar-refractivity contribution in [2.24, 2.45) is 0 Å². The second-order valence-corrected chi connectivity index (χ2v) is 3.41. The van der Waals surface area contributed by atoms with E-state index in [9.17, 15) is 4.79 Å². The van der Waals surface area contributed by atoms with E-state index >= 15 is 0 Å². The number of hydrogen-bond donors (Lipinski definition) is 0. The number of benzene rings is 1. The molecule has 1 heterocycles. The average molecular weight is 212 g/mol. The molecule has 0 aliphatic rings. The number of Topliss-reactive ketones (excluding diaryl/α,β-unsaturated/α-hetero) is 1. The molecule has 0 aliphatic carbocycles. The third kappa shape index (κ3) is 2.70. The van der Waals surface area contributed by atoms with E-state index in [1.165, 1.54) is 0 Å². The fourth-order valence-electron chi connectivity index (χ4n) is 1.41. The highest BCUT2D eigenvalue weighted by Crippen LogP contribution is 2.06. The Bertz CT molecular complexity index is 467. The van der Waals surface area contributed by atoms with Gasteiger partial charge in [-0.2, -0.15) is 0 Å². The lowest BCUT2D eigenvalue weighted by Crippen LogP contribution is -1.95. The molecule has 0 atom stereocenters. The number of furan rings is 1. The molecule has 0 saturated heterocycles. The Morgan fingerprint density at radius 2 is 1.94 bits per heavy atom. The predicted molar refractivity (Wildman–Crippen MR) is 63.1 cm³/mol. The van der Waals surface area contributed by atoms with E-state index in [-0.39, 0.29) is 5.78 Å². The van der Waals surface area contributed by atoms with Crippen LogP contribution in [0, 0.1) is 0 Å². The first-order chi connectivity index (χ1) is 7.86. The molecule has 2 heteroatoms. The van der Waals surface area contributed by atoms with Crippen molar-refractivity contribution < 1.29 is 9.21 Å². The predicted octanol–water partition coefficient (Wildman–Crippen LogP) is 3.57. The summed E-state index contributed by atoms with van der Waals surface area (Å²) in [5.74, 6) is 0.879. The number of rotatable bonds is 4. The van der Waals surface area contributed by atoms with Crippen LogP contribution in [0.3, 0.4) is 0 Å². The Balaban J connectivity index is 1.94. The molecule has 0 aliphatic heterocycles. The van der Waals surface area contributed by atoms with Crippen molar-refractivity contribution in [1.29, 1.82) is 0 Å². The molecule has 16 heavy (non-hydrogen) atoms. The van der Waals surface area contributed by atoms with Crippen LogP contribution in [0.15, 0.2) is 59.2 Å². The van der Waals surface area contributed by atoms with E-state index in [1.807, 2.05) is 48.5 Å². The maximum Gasteiger partial charge on any atom is 0.166 e. The van der Waals surface area contributed by atoms with E-state index < -0.39 is 0 Å². The molecule has 0 N–H and O–H groups in total. The van der Waals surface area contributed by atoms with Crippen LogP contribution in [0.1, 0.15) is 22.5 Å². The van der Waals surface area contributed by atoms with E-state index in [0.29, 0.717) is 6.42 Å². The highest BCUT2D eigenvalue weighted by molar-refractivity contribution is 5.97. The molecular formula is C14H12O2. The molecule has 0 amide bonds. The molecule has 0 saturated carbocycles. The SMILES string of the molecule is O=C(C/C=C/c1ccco1)c1ccccc1. The van der Waals surface area contributed by atoms with Gasteiger partial charge in [-0.1, -0.05) is 36.4 Å². The summed E-state index contributed by atoms with van der Waals surface area (Å²) in [6.45, 7) is 0. The molecular weight excluding hydrogens is 200 g/mol. The van der Waals surface area contributed by atoms with Crippen LogP contribution < -0.4 is 0 Å². The molecule has 1 aromatic heterocycles. The molecule has 0 fully saturated rings. The van der Waals surface area contributed by atoms with Gasteiger partial charge in [0.1, 0.15) is 5.76 Å². The molecule has 0 bridgehead atoms. The van der Waals surface area contributed by atoms with Crippen LogP contribution in [0.2, 0.25) is 0 Å². The minimum Gasteiger partial charge on any atom is -0.465 e. The van der Waals surface area contributed by atoms with Crippen molar-refractivity contribution in [1.82, 2.24) is 0 Å². The summed E-state index contributed by atoms with van der Waals surface area (Å²) in [5, 5.41) is 0. The smallest absolute Gasteiger partial charge is 0.166 e. The molecule has 2 nitrogen and oxygen atoms in total. The van der Waals surface area contributed by atoms with E-state index in [4.69, 9.17) is 4.42 Å². The second-order valence-electron chi connectivity index (χ2n) is 3.41. The molecule has 0 radical (unpaired) electrons. The van der Waals surface area contributed by atoms with Gasteiger partial charge >= 0.3 is 0 Å². The largest absolute Gasteiger partial charge is 0.465 e.